The van der Waals surface area contributed by atoms with E-state index < -0.39 is 5.60 Å². The van der Waals surface area contributed by atoms with E-state index in [1.54, 1.807) is 11.0 Å². The molecule has 1 amide bonds. The average molecular weight is 311 g/mol. The van der Waals surface area contributed by atoms with Crippen LogP contribution in [-0.2, 0) is 4.74 Å². The molecule has 0 radical (unpaired) electrons. The number of aromatic nitrogens is 1. The SMILES string of the molecule is CC(C)(C)OC(=O)N1CCC[C@@H]2Oc3nc(Cl)ccc3[C@@H]21. The van der Waals surface area contributed by atoms with E-state index in [0.29, 0.717) is 17.6 Å². The molecule has 1 saturated heterocycles. The Kier molecular flexibility index (Phi) is 3.48. The van der Waals surface area contributed by atoms with Crippen LogP contribution in [0.3, 0.4) is 0 Å². The third kappa shape index (κ3) is 2.79. The van der Waals surface area contributed by atoms with Gasteiger partial charge in [0.25, 0.3) is 0 Å². The number of likely N-dealkylation sites (tertiary alicyclic amines) is 1. The van der Waals surface area contributed by atoms with Crippen LogP contribution in [0.4, 0.5) is 4.79 Å². The summed E-state index contributed by atoms with van der Waals surface area (Å²) in [5, 5.41) is 0.399. The standard InChI is InChI=1S/C15H19ClN2O3/c1-15(2,3)21-14(19)18-8-4-5-10-12(18)9-6-7-11(16)17-13(9)20-10/h6-7,10,12H,4-5,8H2,1-3H3/t10-,12-/m0/s1. The minimum Gasteiger partial charge on any atom is -0.471 e. The smallest absolute Gasteiger partial charge is 0.410 e. The van der Waals surface area contributed by atoms with Crippen molar-refractivity contribution in [2.24, 2.45) is 0 Å². The van der Waals surface area contributed by atoms with E-state index in [9.17, 15) is 4.79 Å². The molecule has 0 spiro atoms. The average Bonchev–Trinajstić information content (AvgIpc) is 2.73. The van der Waals surface area contributed by atoms with Crippen molar-refractivity contribution in [3.05, 3.63) is 22.8 Å². The van der Waals surface area contributed by atoms with Crippen molar-refractivity contribution >= 4 is 17.7 Å². The predicted octanol–water partition coefficient (Wildman–Crippen LogP) is 3.57. The van der Waals surface area contributed by atoms with Crippen LogP contribution in [0.15, 0.2) is 12.1 Å². The molecule has 1 fully saturated rings. The normalized spacial score (nSPS) is 24.1. The van der Waals surface area contributed by atoms with E-state index in [1.165, 1.54) is 0 Å². The molecule has 0 aliphatic carbocycles. The van der Waals surface area contributed by atoms with Crippen LogP contribution < -0.4 is 4.74 Å². The van der Waals surface area contributed by atoms with E-state index in [2.05, 4.69) is 4.98 Å². The Morgan fingerprint density at radius 2 is 2.24 bits per heavy atom. The summed E-state index contributed by atoms with van der Waals surface area (Å²) in [7, 11) is 0. The fourth-order valence-electron chi connectivity index (χ4n) is 2.87. The van der Waals surface area contributed by atoms with Crippen LogP contribution in [0.2, 0.25) is 5.15 Å². The molecule has 114 valence electrons. The molecule has 3 rings (SSSR count). The maximum absolute atomic E-state index is 12.4. The fourth-order valence-corrected chi connectivity index (χ4v) is 3.01. The van der Waals surface area contributed by atoms with E-state index in [-0.39, 0.29) is 18.2 Å². The number of carbonyl (C=O) groups excluding carboxylic acids is 1. The van der Waals surface area contributed by atoms with Gasteiger partial charge in [0.1, 0.15) is 22.9 Å². The Morgan fingerprint density at radius 3 is 2.95 bits per heavy atom. The van der Waals surface area contributed by atoms with Gasteiger partial charge >= 0.3 is 6.09 Å². The number of piperidine rings is 1. The quantitative estimate of drug-likeness (QED) is 0.687. The van der Waals surface area contributed by atoms with Crippen LogP contribution in [0.1, 0.15) is 45.2 Å². The molecule has 1 aromatic heterocycles. The number of fused-ring (bicyclic) bond motifs is 3. The van der Waals surface area contributed by atoms with Gasteiger partial charge in [0.05, 0.1) is 0 Å². The van der Waals surface area contributed by atoms with Crippen LogP contribution in [0, 0.1) is 0 Å². The van der Waals surface area contributed by atoms with Gasteiger partial charge in [-0.1, -0.05) is 11.6 Å². The van der Waals surface area contributed by atoms with Gasteiger partial charge in [-0.25, -0.2) is 9.78 Å². The minimum absolute atomic E-state index is 0.0627. The molecule has 5 nitrogen and oxygen atoms in total. The van der Waals surface area contributed by atoms with Gasteiger partial charge in [0.2, 0.25) is 5.88 Å². The highest BCUT2D eigenvalue weighted by Crippen LogP contribution is 2.44. The molecule has 0 unspecified atom stereocenters. The topological polar surface area (TPSA) is 51.7 Å². The zero-order valence-electron chi connectivity index (χ0n) is 12.4. The van der Waals surface area contributed by atoms with Crippen LogP contribution in [0.25, 0.3) is 0 Å². The number of carbonyl (C=O) groups is 1. The number of amides is 1. The van der Waals surface area contributed by atoms with Gasteiger partial charge in [0.15, 0.2) is 0 Å². The van der Waals surface area contributed by atoms with Crippen LogP contribution in [0.5, 0.6) is 5.88 Å². The molecule has 2 atom stereocenters. The predicted molar refractivity (Wildman–Crippen MR) is 78.6 cm³/mol. The van der Waals surface area contributed by atoms with Crippen molar-refractivity contribution in [2.45, 2.75) is 51.4 Å². The number of halogens is 1. The third-order valence-electron chi connectivity index (χ3n) is 3.64. The molecule has 0 saturated carbocycles. The monoisotopic (exact) mass is 310 g/mol. The van der Waals surface area contributed by atoms with Gasteiger partial charge < -0.3 is 9.47 Å². The summed E-state index contributed by atoms with van der Waals surface area (Å²) in [6.45, 7) is 6.27. The lowest BCUT2D eigenvalue weighted by Gasteiger charge is -2.37. The fraction of sp³-hybridized carbons (Fsp3) is 0.600. The molecule has 1 aromatic rings. The molecule has 3 heterocycles. The number of pyridine rings is 1. The van der Waals surface area contributed by atoms with Crippen molar-refractivity contribution in [1.82, 2.24) is 9.88 Å². The molecular formula is C15H19ClN2O3. The second-order valence-electron chi connectivity index (χ2n) is 6.45. The summed E-state index contributed by atoms with van der Waals surface area (Å²) in [5.41, 5.74) is 0.403. The van der Waals surface area contributed by atoms with Crippen molar-refractivity contribution < 1.29 is 14.3 Å². The molecule has 0 aromatic carbocycles. The third-order valence-corrected chi connectivity index (χ3v) is 3.85. The Morgan fingerprint density at radius 1 is 1.48 bits per heavy atom. The Bertz CT molecular complexity index is 571. The summed E-state index contributed by atoms with van der Waals surface area (Å²) >= 11 is 5.91. The van der Waals surface area contributed by atoms with E-state index in [0.717, 1.165) is 18.4 Å². The van der Waals surface area contributed by atoms with Crippen molar-refractivity contribution in [3.8, 4) is 5.88 Å². The lowest BCUT2D eigenvalue weighted by atomic mass is 9.96. The summed E-state index contributed by atoms with van der Waals surface area (Å²) in [5.74, 6) is 0.535. The lowest BCUT2D eigenvalue weighted by Crippen LogP contribution is -2.46. The van der Waals surface area contributed by atoms with Crippen LogP contribution in [-0.4, -0.2) is 34.2 Å². The van der Waals surface area contributed by atoms with Crippen LogP contribution >= 0.6 is 11.6 Å². The van der Waals surface area contributed by atoms with Gasteiger partial charge in [-0.2, -0.15) is 0 Å². The van der Waals surface area contributed by atoms with Gasteiger partial charge in [-0.15, -0.1) is 0 Å². The molecule has 0 N–H and O–H groups in total. The lowest BCUT2D eigenvalue weighted by molar-refractivity contribution is -0.00760. The summed E-state index contributed by atoms with van der Waals surface area (Å²) in [4.78, 5) is 18.4. The Labute approximate surface area is 129 Å². The van der Waals surface area contributed by atoms with Crippen molar-refractivity contribution in [3.63, 3.8) is 0 Å². The Hall–Kier alpha value is -1.49. The van der Waals surface area contributed by atoms with Crippen molar-refractivity contribution in [2.75, 3.05) is 6.54 Å². The second kappa shape index (κ2) is 5.05. The first-order valence-electron chi connectivity index (χ1n) is 7.18. The highest BCUT2D eigenvalue weighted by Gasteiger charge is 2.44. The first-order chi connectivity index (χ1) is 9.85. The van der Waals surface area contributed by atoms with Gasteiger partial charge in [-0.3, -0.25) is 4.90 Å². The molecule has 2 aliphatic heterocycles. The minimum atomic E-state index is -0.509. The summed E-state index contributed by atoms with van der Waals surface area (Å²) in [6, 6.07) is 3.49. The zero-order valence-corrected chi connectivity index (χ0v) is 13.2. The largest absolute Gasteiger partial charge is 0.471 e. The van der Waals surface area contributed by atoms with Gasteiger partial charge in [-0.05, 0) is 45.7 Å². The molecule has 2 aliphatic rings. The maximum Gasteiger partial charge on any atom is 0.410 e. The molecule has 6 heteroatoms. The number of ether oxygens (including phenoxy) is 2. The summed E-state index contributed by atoms with van der Waals surface area (Å²) < 4.78 is 11.4. The maximum atomic E-state index is 12.4. The van der Waals surface area contributed by atoms with E-state index in [1.807, 2.05) is 26.8 Å². The van der Waals surface area contributed by atoms with Gasteiger partial charge in [0, 0.05) is 12.1 Å². The molecule has 0 bridgehead atoms. The Balaban J connectivity index is 1.89. The van der Waals surface area contributed by atoms with E-state index >= 15 is 0 Å². The first-order valence-corrected chi connectivity index (χ1v) is 7.56. The number of hydrogen-bond acceptors (Lipinski definition) is 4. The number of hydrogen-bond donors (Lipinski definition) is 0. The first kappa shape index (κ1) is 14.4. The zero-order chi connectivity index (χ0) is 15.2. The highest BCUT2D eigenvalue weighted by molar-refractivity contribution is 6.29. The highest BCUT2D eigenvalue weighted by atomic mass is 35.5. The number of rotatable bonds is 0. The van der Waals surface area contributed by atoms with E-state index in [4.69, 9.17) is 21.1 Å². The molecular weight excluding hydrogens is 292 g/mol. The summed E-state index contributed by atoms with van der Waals surface area (Å²) in [6.07, 6.45) is 1.43. The van der Waals surface area contributed by atoms with Crippen molar-refractivity contribution in [1.29, 1.82) is 0 Å². The second-order valence-corrected chi connectivity index (χ2v) is 6.83. The molecule has 21 heavy (non-hydrogen) atoms. The number of nitrogens with zero attached hydrogens (tertiary/aromatic N) is 2.